The zero-order valence-electron chi connectivity index (χ0n) is 13.9. The molecule has 0 aromatic heterocycles. The smallest absolute Gasteiger partial charge is 0.224 e. The molecule has 2 aromatic rings. The average Bonchev–Trinajstić information content (AvgIpc) is 3.09. The van der Waals surface area contributed by atoms with E-state index in [-0.39, 0.29) is 11.8 Å². The van der Waals surface area contributed by atoms with Crippen LogP contribution in [0.1, 0.15) is 23.1 Å². The monoisotopic (exact) mass is 323 g/mol. The minimum Gasteiger partial charge on any atom is -0.352 e. The third-order valence-electron chi connectivity index (χ3n) is 4.59. The third-order valence-corrected chi connectivity index (χ3v) is 4.59. The standard InChI is InChI=1S/C20H25N3O/c21-12-17-7-4-8-18(11-17)13-22-20(24)19-9-10-23(15-19)14-16-5-2-1-3-6-16/h1-8,11,19H,9-10,12-15,21H2,(H,22,24). The fraction of sp³-hybridized carbons (Fsp3) is 0.350. The largest absolute Gasteiger partial charge is 0.352 e. The van der Waals surface area contributed by atoms with Crippen molar-refractivity contribution in [2.24, 2.45) is 11.7 Å². The van der Waals surface area contributed by atoms with E-state index >= 15 is 0 Å². The Morgan fingerprint density at radius 2 is 1.83 bits per heavy atom. The van der Waals surface area contributed by atoms with Gasteiger partial charge in [-0.3, -0.25) is 9.69 Å². The maximum absolute atomic E-state index is 12.4. The molecule has 1 heterocycles. The number of carbonyl (C=O) groups is 1. The van der Waals surface area contributed by atoms with Crippen LogP contribution in [-0.4, -0.2) is 23.9 Å². The molecule has 3 rings (SSSR count). The Morgan fingerprint density at radius 1 is 1.08 bits per heavy atom. The Bertz CT molecular complexity index is 672. The second kappa shape index (κ2) is 8.08. The second-order valence-electron chi connectivity index (χ2n) is 6.45. The van der Waals surface area contributed by atoms with Gasteiger partial charge >= 0.3 is 0 Å². The highest BCUT2D eigenvalue weighted by atomic mass is 16.1. The Balaban J connectivity index is 1.47. The van der Waals surface area contributed by atoms with Crippen LogP contribution in [0.2, 0.25) is 0 Å². The van der Waals surface area contributed by atoms with Crippen molar-refractivity contribution in [3.63, 3.8) is 0 Å². The number of hydrogen-bond acceptors (Lipinski definition) is 3. The van der Waals surface area contributed by atoms with Gasteiger partial charge in [-0.2, -0.15) is 0 Å². The van der Waals surface area contributed by atoms with E-state index in [1.54, 1.807) is 0 Å². The van der Waals surface area contributed by atoms with E-state index < -0.39 is 0 Å². The van der Waals surface area contributed by atoms with Crippen LogP contribution in [0.4, 0.5) is 0 Å². The van der Waals surface area contributed by atoms with E-state index in [0.29, 0.717) is 13.1 Å². The van der Waals surface area contributed by atoms with Crippen molar-refractivity contribution >= 4 is 5.91 Å². The predicted molar refractivity (Wildman–Crippen MR) is 96.0 cm³/mol. The molecule has 24 heavy (non-hydrogen) atoms. The van der Waals surface area contributed by atoms with E-state index in [0.717, 1.165) is 37.2 Å². The van der Waals surface area contributed by atoms with E-state index in [4.69, 9.17) is 5.73 Å². The summed E-state index contributed by atoms with van der Waals surface area (Å²) in [6.07, 6.45) is 0.932. The molecular formula is C20H25N3O. The maximum atomic E-state index is 12.4. The number of hydrogen-bond donors (Lipinski definition) is 2. The first kappa shape index (κ1) is 16.7. The third kappa shape index (κ3) is 4.43. The zero-order chi connectivity index (χ0) is 16.8. The van der Waals surface area contributed by atoms with Gasteiger partial charge in [-0.25, -0.2) is 0 Å². The SMILES string of the molecule is NCc1cccc(CNC(=O)C2CCN(Cc3ccccc3)C2)c1. The number of rotatable bonds is 6. The van der Waals surface area contributed by atoms with E-state index in [1.165, 1.54) is 5.56 Å². The normalized spacial score (nSPS) is 17.8. The summed E-state index contributed by atoms with van der Waals surface area (Å²) in [5.41, 5.74) is 9.16. The highest BCUT2D eigenvalue weighted by Crippen LogP contribution is 2.19. The van der Waals surface area contributed by atoms with Crippen molar-refractivity contribution in [3.05, 3.63) is 71.3 Å². The summed E-state index contributed by atoms with van der Waals surface area (Å²) in [4.78, 5) is 14.8. The summed E-state index contributed by atoms with van der Waals surface area (Å²) >= 11 is 0. The van der Waals surface area contributed by atoms with Gasteiger partial charge in [0.05, 0.1) is 5.92 Å². The summed E-state index contributed by atoms with van der Waals surface area (Å²) < 4.78 is 0. The second-order valence-corrected chi connectivity index (χ2v) is 6.45. The lowest BCUT2D eigenvalue weighted by molar-refractivity contribution is -0.124. The first-order valence-corrected chi connectivity index (χ1v) is 8.56. The Morgan fingerprint density at radius 3 is 2.62 bits per heavy atom. The van der Waals surface area contributed by atoms with Crippen molar-refractivity contribution in [1.82, 2.24) is 10.2 Å². The summed E-state index contributed by atoms with van der Waals surface area (Å²) in [7, 11) is 0. The summed E-state index contributed by atoms with van der Waals surface area (Å²) in [5.74, 6) is 0.245. The molecule has 0 saturated carbocycles. The highest BCUT2D eigenvalue weighted by molar-refractivity contribution is 5.79. The molecule has 1 amide bonds. The van der Waals surface area contributed by atoms with Gasteiger partial charge in [0, 0.05) is 26.2 Å². The van der Waals surface area contributed by atoms with Crippen LogP contribution in [-0.2, 0) is 24.4 Å². The number of nitrogens with two attached hydrogens (primary N) is 1. The Kier molecular flexibility index (Phi) is 5.62. The lowest BCUT2D eigenvalue weighted by Crippen LogP contribution is -2.32. The van der Waals surface area contributed by atoms with Crippen molar-refractivity contribution in [2.75, 3.05) is 13.1 Å². The predicted octanol–water partition coefficient (Wildman–Crippen LogP) is 2.28. The quantitative estimate of drug-likeness (QED) is 0.857. The van der Waals surface area contributed by atoms with Gasteiger partial charge < -0.3 is 11.1 Å². The fourth-order valence-electron chi connectivity index (χ4n) is 3.23. The molecule has 1 unspecified atom stereocenters. The van der Waals surface area contributed by atoms with Gasteiger partial charge in [0.25, 0.3) is 0 Å². The van der Waals surface area contributed by atoms with Gasteiger partial charge in [0.2, 0.25) is 5.91 Å². The van der Waals surface area contributed by atoms with E-state index in [2.05, 4.69) is 40.5 Å². The molecule has 126 valence electrons. The zero-order valence-corrected chi connectivity index (χ0v) is 13.9. The number of nitrogens with zero attached hydrogens (tertiary/aromatic N) is 1. The van der Waals surface area contributed by atoms with Crippen LogP contribution in [0.5, 0.6) is 0 Å². The molecule has 1 aliphatic rings. The van der Waals surface area contributed by atoms with Crippen molar-refractivity contribution < 1.29 is 4.79 Å². The Hall–Kier alpha value is -2.17. The summed E-state index contributed by atoms with van der Waals surface area (Å²) in [6, 6.07) is 18.5. The van der Waals surface area contributed by atoms with Crippen LogP contribution in [0.15, 0.2) is 54.6 Å². The number of likely N-dealkylation sites (tertiary alicyclic amines) is 1. The van der Waals surface area contributed by atoms with E-state index in [9.17, 15) is 4.79 Å². The van der Waals surface area contributed by atoms with Crippen molar-refractivity contribution in [2.45, 2.75) is 26.1 Å². The van der Waals surface area contributed by atoms with Crippen molar-refractivity contribution in [3.8, 4) is 0 Å². The first-order valence-electron chi connectivity index (χ1n) is 8.56. The minimum atomic E-state index is 0.0893. The molecule has 4 nitrogen and oxygen atoms in total. The van der Waals surface area contributed by atoms with Crippen molar-refractivity contribution in [1.29, 1.82) is 0 Å². The van der Waals surface area contributed by atoms with Gasteiger partial charge in [-0.15, -0.1) is 0 Å². The lowest BCUT2D eigenvalue weighted by Gasteiger charge is -2.16. The minimum absolute atomic E-state index is 0.0893. The van der Waals surface area contributed by atoms with Gasteiger partial charge in [0.1, 0.15) is 0 Å². The van der Waals surface area contributed by atoms with Crippen LogP contribution in [0, 0.1) is 5.92 Å². The van der Waals surface area contributed by atoms with Gasteiger partial charge in [-0.05, 0) is 29.7 Å². The molecule has 4 heteroatoms. The molecule has 1 atom stereocenters. The maximum Gasteiger partial charge on any atom is 0.224 e. The van der Waals surface area contributed by atoms with Crippen LogP contribution >= 0.6 is 0 Å². The molecule has 1 saturated heterocycles. The highest BCUT2D eigenvalue weighted by Gasteiger charge is 2.27. The van der Waals surface area contributed by atoms with E-state index in [1.807, 2.05) is 24.3 Å². The number of benzene rings is 2. The molecule has 3 N–H and O–H groups in total. The van der Waals surface area contributed by atoms with Gasteiger partial charge in [-0.1, -0.05) is 54.6 Å². The van der Waals surface area contributed by atoms with Gasteiger partial charge in [0.15, 0.2) is 0 Å². The summed E-state index contributed by atoms with van der Waals surface area (Å²) in [6.45, 7) is 3.84. The molecule has 0 aliphatic carbocycles. The molecule has 1 aliphatic heterocycles. The topological polar surface area (TPSA) is 58.4 Å². The first-order chi connectivity index (χ1) is 11.7. The number of nitrogens with one attached hydrogen (secondary N) is 1. The fourth-order valence-corrected chi connectivity index (χ4v) is 3.23. The molecule has 0 radical (unpaired) electrons. The lowest BCUT2D eigenvalue weighted by atomic mass is 10.1. The van der Waals surface area contributed by atoms with Crippen LogP contribution in [0.25, 0.3) is 0 Å². The summed E-state index contributed by atoms with van der Waals surface area (Å²) in [5, 5.41) is 3.07. The molecule has 2 aromatic carbocycles. The molecular weight excluding hydrogens is 298 g/mol. The average molecular weight is 323 g/mol. The Labute approximate surface area is 143 Å². The van der Waals surface area contributed by atoms with Crippen LogP contribution in [0.3, 0.4) is 0 Å². The molecule has 0 bridgehead atoms. The molecule has 0 spiro atoms. The number of amides is 1. The van der Waals surface area contributed by atoms with Crippen LogP contribution < -0.4 is 11.1 Å². The number of carbonyl (C=O) groups excluding carboxylic acids is 1. The molecule has 1 fully saturated rings.